The molecule has 0 aliphatic carbocycles. The third kappa shape index (κ3) is 5.34. The third-order valence-corrected chi connectivity index (χ3v) is 5.18. The van der Waals surface area contributed by atoms with E-state index in [1.54, 1.807) is 6.07 Å². The van der Waals surface area contributed by atoms with Crippen molar-refractivity contribution in [3.8, 4) is 5.75 Å². The van der Waals surface area contributed by atoms with Gasteiger partial charge in [-0.2, -0.15) is 0 Å². The van der Waals surface area contributed by atoms with Gasteiger partial charge in [0.2, 0.25) is 10.0 Å². The number of sulfonamides is 1. The Morgan fingerprint density at radius 3 is 2.58 bits per heavy atom. The predicted octanol–water partition coefficient (Wildman–Crippen LogP) is 2.48. The molecule has 0 bridgehead atoms. The molecule has 0 amide bonds. The summed E-state index contributed by atoms with van der Waals surface area (Å²) in [6.45, 7) is 2.86. The number of benzene rings is 2. The van der Waals surface area contributed by atoms with E-state index in [4.69, 9.17) is 9.47 Å². The van der Waals surface area contributed by atoms with E-state index in [0.717, 1.165) is 18.8 Å². The molecule has 2 aromatic carbocycles. The number of nitrogens with one attached hydrogen (secondary N) is 1. The quantitative estimate of drug-likeness (QED) is 0.799. The number of hydrogen-bond donors (Lipinski definition) is 1. The normalized spacial score (nSPS) is 14.9. The van der Waals surface area contributed by atoms with E-state index in [0.29, 0.717) is 24.7 Å². The molecule has 140 valence electrons. The summed E-state index contributed by atoms with van der Waals surface area (Å²) in [6.07, 6.45) is 0. The topological polar surface area (TPSA) is 67.9 Å². The lowest BCUT2D eigenvalue weighted by Gasteiger charge is -2.29. The highest BCUT2D eigenvalue weighted by Crippen LogP contribution is 2.21. The number of hydrogen-bond acceptors (Lipinski definition) is 5. The van der Waals surface area contributed by atoms with Crippen molar-refractivity contribution in [3.05, 3.63) is 54.3 Å². The van der Waals surface area contributed by atoms with Crippen LogP contribution in [0.3, 0.4) is 0 Å². The first kappa shape index (κ1) is 18.5. The molecule has 0 unspecified atom stereocenters. The average Bonchev–Trinajstić information content (AvgIpc) is 2.64. The highest BCUT2D eigenvalue weighted by molar-refractivity contribution is 7.92. The van der Waals surface area contributed by atoms with Gasteiger partial charge in [-0.1, -0.05) is 6.07 Å². The zero-order chi connectivity index (χ0) is 18.4. The van der Waals surface area contributed by atoms with Gasteiger partial charge in [-0.3, -0.25) is 4.72 Å². The Balaban J connectivity index is 1.55. The molecule has 0 radical (unpaired) electrons. The zero-order valence-electron chi connectivity index (χ0n) is 14.2. The molecule has 1 N–H and O–H groups in total. The van der Waals surface area contributed by atoms with Crippen LogP contribution in [-0.4, -0.2) is 47.1 Å². The number of anilines is 2. The SMILES string of the molecule is O=S(=O)(CCOc1ccc(F)cc1)Nc1cccc(N2CCOCC2)c1. The number of nitrogens with zero attached hydrogens (tertiary/aromatic N) is 1. The van der Waals surface area contributed by atoms with Gasteiger partial charge < -0.3 is 14.4 Å². The second kappa shape index (κ2) is 8.37. The van der Waals surface area contributed by atoms with Crippen molar-refractivity contribution in [1.82, 2.24) is 0 Å². The van der Waals surface area contributed by atoms with Crippen LogP contribution in [0.15, 0.2) is 48.5 Å². The van der Waals surface area contributed by atoms with Gasteiger partial charge in [0, 0.05) is 18.8 Å². The lowest BCUT2D eigenvalue weighted by Crippen LogP contribution is -2.36. The minimum absolute atomic E-state index is 0.0237. The Morgan fingerprint density at radius 2 is 1.85 bits per heavy atom. The summed E-state index contributed by atoms with van der Waals surface area (Å²) in [5.74, 6) is -0.144. The monoisotopic (exact) mass is 380 g/mol. The Bertz CT molecular complexity index is 821. The van der Waals surface area contributed by atoms with E-state index < -0.39 is 10.0 Å². The molecule has 1 heterocycles. The van der Waals surface area contributed by atoms with E-state index >= 15 is 0 Å². The van der Waals surface area contributed by atoms with Gasteiger partial charge >= 0.3 is 0 Å². The predicted molar refractivity (Wildman–Crippen MR) is 98.8 cm³/mol. The van der Waals surface area contributed by atoms with Crippen LogP contribution < -0.4 is 14.4 Å². The molecule has 0 saturated carbocycles. The van der Waals surface area contributed by atoms with Crippen LogP contribution in [0.2, 0.25) is 0 Å². The molecular weight excluding hydrogens is 359 g/mol. The number of halogens is 1. The molecule has 0 atom stereocenters. The van der Waals surface area contributed by atoms with Crippen molar-refractivity contribution in [2.24, 2.45) is 0 Å². The molecule has 0 aromatic heterocycles. The summed E-state index contributed by atoms with van der Waals surface area (Å²) in [4.78, 5) is 2.15. The van der Waals surface area contributed by atoms with Crippen LogP contribution in [0, 0.1) is 5.82 Å². The van der Waals surface area contributed by atoms with Gasteiger partial charge in [-0.15, -0.1) is 0 Å². The minimum Gasteiger partial charge on any atom is -0.492 e. The summed E-state index contributed by atoms with van der Waals surface area (Å²) < 4.78 is 50.6. The number of ether oxygens (including phenoxy) is 2. The average molecular weight is 380 g/mol. The highest BCUT2D eigenvalue weighted by atomic mass is 32.2. The van der Waals surface area contributed by atoms with Crippen LogP contribution in [0.4, 0.5) is 15.8 Å². The fraction of sp³-hybridized carbons (Fsp3) is 0.333. The van der Waals surface area contributed by atoms with E-state index in [2.05, 4.69) is 9.62 Å². The molecule has 0 spiro atoms. The molecule has 1 aliphatic rings. The van der Waals surface area contributed by atoms with Gasteiger partial charge in [0.05, 0.1) is 18.9 Å². The van der Waals surface area contributed by atoms with Crippen molar-refractivity contribution in [1.29, 1.82) is 0 Å². The van der Waals surface area contributed by atoms with E-state index in [1.807, 2.05) is 18.2 Å². The summed E-state index contributed by atoms with van der Waals surface area (Å²) in [5.41, 5.74) is 1.46. The Hall–Kier alpha value is -2.32. The molecule has 8 heteroatoms. The molecule has 26 heavy (non-hydrogen) atoms. The zero-order valence-corrected chi connectivity index (χ0v) is 15.0. The molecule has 2 aromatic rings. The van der Waals surface area contributed by atoms with Crippen molar-refractivity contribution >= 4 is 21.4 Å². The first-order chi connectivity index (χ1) is 12.5. The highest BCUT2D eigenvalue weighted by Gasteiger charge is 2.14. The summed E-state index contributed by atoms with van der Waals surface area (Å²) in [5, 5.41) is 0. The van der Waals surface area contributed by atoms with Gasteiger partial charge in [-0.05, 0) is 42.5 Å². The molecule has 6 nitrogen and oxygen atoms in total. The van der Waals surface area contributed by atoms with Crippen LogP contribution in [0.25, 0.3) is 0 Å². The Morgan fingerprint density at radius 1 is 1.12 bits per heavy atom. The largest absolute Gasteiger partial charge is 0.492 e. The molecule has 1 saturated heterocycles. The maximum Gasteiger partial charge on any atom is 0.236 e. The van der Waals surface area contributed by atoms with E-state index in [1.165, 1.54) is 24.3 Å². The standard InChI is InChI=1S/C18H21FN2O4S/c19-15-4-6-18(7-5-15)25-12-13-26(22,23)20-16-2-1-3-17(14-16)21-8-10-24-11-9-21/h1-7,14,20H,8-13H2. The van der Waals surface area contributed by atoms with Crippen LogP contribution in [0.5, 0.6) is 5.75 Å². The smallest absolute Gasteiger partial charge is 0.236 e. The summed E-state index contributed by atoms with van der Waals surface area (Å²) in [6, 6.07) is 12.7. The van der Waals surface area contributed by atoms with Gasteiger partial charge in [0.15, 0.2) is 0 Å². The molecule has 1 fully saturated rings. The summed E-state index contributed by atoms with van der Waals surface area (Å²) >= 11 is 0. The third-order valence-electron chi connectivity index (χ3n) is 3.93. The molecular formula is C18H21FN2O4S. The molecule has 1 aliphatic heterocycles. The van der Waals surface area contributed by atoms with E-state index in [9.17, 15) is 12.8 Å². The van der Waals surface area contributed by atoms with Crippen LogP contribution in [0.1, 0.15) is 0 Å². The first-order valence-electron chi connectivity index (χ1n) is 8.33. The molecule has 3 rings (SSSR count). The minimum atomic E-state index is -3.55. The fourth-order valence-electron chi connectivity index (χ4n) is 2.62. The van der Waals surface area contributed by atoms with Gasteiger partial charge in [0.1, 0.15) is 23.9 Å². The second-order valence-corrected chi connectivity index (χ2v) is 7.71. The Kier molecular flexibility index (Phi) is 5.95. The van der Waals surface area contributed by atoms with Crippen molar-refractivity contribution < 1.29 is 22.3 Å². The maximum absolute atomic E-state index is 12.8. The number of rotatable bonds is 7. The van der Waals surface area contributed by atoms with Crippen LogP contribution >= 0.6 is 0 Å². The van der Waals surface area contributed by atoms with Crippen LogP contribution in [-0.2, 0) is 14.8 Å². The number of morpholine rings is 1. The second-order valence-electron chi connectivity index (χ2n) is 5.87. The lowest BCUT2D eigenvalue weighted by atomic mass is 10.2. The van der Waals surface area contributed by atoms with Crippen molar-refractivity contribution in [3.63, 3.8) is 0 Å². The maximum atomic E-state index is 12.8. The van der Waals surface area contributed by atoms with Crippen molar-refractivity contribution in [2.45, 2.75) is 0 Å². The lowest BCUT2D eigenvalue weighted by molar-refractivity contribution is 0.122. The van der Waals surface area contributed by atoms with Crippen molar-refractivity contribution in [2.75, 3.05) is 48.3 Å². The van der Waals surface area contributed by atoms with E-state index in [-0.39, 0.29) is 18.2 Å². The summed E-state index contributed by atoms with van der Waals surface area (Å²) in [7, 11) is -3.55. The van der Waals surface area contributed by atoms with Gasteiger partial charge in [-0.25, -0.2) is 12.8 Å². The van der Waals surface area contributed by atoms with Gasteiger partial charge in [0.25, 0.3) is 0 Å². The first-order valence-corrected chi connectivity index (χ1v) is 9.99. The Labute approximate surface area is 152 Å². The fourth-order valence-corrected chi connectivity index (χ4v) is 3.51.